The second-order valence-electron chi connectivity index (χ2n) is 4.42. The lowest BCUT2D eigenvalue weighted by atomic mass is 10.1. The second kappa shape index (κ2) is 6.32. The quantitative estimate of drug-likeness (QED) is 0.809. The number of hydrogen-bond acceptors (Lipinski definition) is 2. The van der Waals surface area contributed by atoms with Gasteiger partial charge in [-0.1, -0.05) is 36.8 Å². The number of aliphatic hydroxyl groups excluding tert-OH is 1. The molecule has 0 atom stereocenters. The molecule has 1 N–H and O–H groups in total. The molecule has 0 amide bonds. The summed E-state index contributed by atoms with van der Waals surface area (Å²) in [6.07, 6.45) is 5.23. The molecule has 1 aliphatic rings. The van der Waals surface area contributed by atoms with Gasteiger partial charge in [0.1, 0.15) is 12.4 Å². The van der Waals surface area contributed by atoms with Gasteiger partial charge in [0, 0.05) is 0 Å². The maximum Gasteiger partial charge on any atom is 0.134 e. The lowest BCUT2D eigenvalue weighted by Gasteiger charge is -2.12. The molecule has 1 fully saturated rings. The van der Waals surface area contributed by atoms with Crippen molar-refractivity contribution in [3.8, 4) is 17.6 Å². The van der Waals surface area contributed by atoms with Crippen molar-refractivity contribution in [1.29, 1.82) is 0 Å². The number of hydrogen-bond donors (Lipinski definition) is 1. The van der Waals surface area contributed by atoms with E-state index in [0.717, 1.165) is 17.9 Å². The van der Waals surface area contributed by atoms with Gasteiger partial charge in [-0.15, -0.1) is 0 Å². The first-order chi connectivity index (χ1) is 8.40. The molecule has 0 aromatic heterocycles. The van der Waals surface area contributed by atoms with Crippen LogP contribution in [0.1, 0.15) is 31.2 Å². The molecule has 0 bridgehead atoms. The Morgan fingerprint density at radius 1 is 1.24 bits per heavy atom. The van der Waals surface area contributed by atoms with Crippen molar-refractivity contribution >= 4 is 0 Å². The maximum absolute atomic E-state index is 8.71. The van der Waals surface area contributed by atoms with Gasteiger partial charge < -0.3 is 9.84 Å². The first kappa shape index (κ1) is 12.0. The van der Waals surface area contributed by atoms with Crippen LogP contribution in [0, 0.1) is 17.8 Å². The normalized spacial score (nSPS) is 15.4. The summed E-state index contributed by atoms with van der Waals surface area (Å²) >= 11 is 0. The van der Waals surface area contributed by atoms with Crippen LogP contribution < -0.4 is 4.74 Å². The van der Waals surface area contributed by atoms with Crippen molar-refractivity contribution in [2.75, 3.05) is 13.2 Å². The van der Waals surface area contributed by atoms with Gasteiger partial charge in [-0.2, -0.15) is 0 Å². The van der Waals surface area contributed by atoms with Crippen molar-refractivity contribution < 1.29 is 9.84 Å². The molecular formula is C15H18O2. The Hall–Kier alpha value is -1.46. The van der Waals surface area contributed by atoms with Crippen LogP contribution in [-0.4, -0.2) is 18.3 Å². The van der Waals surface area contributed by atoms with Gasteiger partial charge in [-0.3, -0.25) is 0 Å². The van der Waals surface area contributed by atoms with E-state index in [1.165, 1.54) is 25.7 Å². The molecule has 90 valence electrons. The van der Waals surface area contributed by atoms with Crippen LogP contribution in [-0.2, 0) is 0 Å². The third-order valence-electron chi connectivity index (χ3n) is 3.14. The number of para-hydroxylation sites is 1. The Balaban J connectivity index is 1.98. The van der Waals surface area contributed by atoms with Gasteiger partial charge >= 0.3 is 0 Å². The minimum absolute atomic E-state index is 0.114. The van der Waals surface area contributed by atoms with E-state index in [-0.39, 0.29) is 6.61 Å². The van der Waals surface area contributed by atoms with E-state index in [0.29, 0.717) is 5.92 Å². The van der Waals surface area contributed by atoms with Gasteiger partial charge in [0.2, 0.25) is 0 Å². The first-order valence-corrected chi connectivity index (χ1v) is 6.21. The summed E-state index contributed by atoms with van der Waals surface area (Å²) in [5.41, 5.74) is 0.861. The van der Waals surface area contributed by atoms with E-state index in [2.05, 4.69) is 11.8 Å². The summed E-state index contributed by atoms with van der Waals surface area (Å²) in [5.74, 6) is 7.11. The summed E-state index contributed by atoms with van der Waals surface area (Å²) in [6.45, 7) is 0.675. The summed E-state index contributed by atoms with van der Waals surface area (Å²) in [5, 5.41) is 8.71. The molecule has 2 heteroatoms. The van der Waals surface area contributed by atoms with E-state index in [4.69, 9.17) is 9.84 Å². The second-order valence-corrected chi connectivity index (χ2v) is 4.42. The summed E-state index contributed by atoms with van der Waals surface area (Å²) < 4.78 is 5.83. The molecular weight excluding hydrogens is 212 g/mol. The van der Waals surface area contributed by atoms with Crippen LogP contribution in [0.25, 0.3) is 0 Å². The fourth-order valence-electron chi connectivity index (χ4n) is 2.22. The van der Waals surface area contributed by atoms with Gasteiger partial charge in [0.05, 0.1) is 12.2 Å². The SMILES string of the molecule is OCC#Cc1ccccc1OCC1CCCC1. The van der Waals surface area contributed by atoms with Crippen LogP contribution in [0.4, 0.5) is 0 Å². The van der Waals surface area contributed by atoms with E-state index in [1.54, 1.807) is 0 Å². The minimum atomic E-state index is -0.114. The monoisotopic (exact) mass is 230 g/mol. The molecule has 1 aliphatic carbocycles. The fourth-order valence-corrected chi connectivity index (χ4v) is 2.22. The Labute approximate surface area is 103 Å². The van der Waals surface area contributed by atoms with Gasteiger partial charge in [0.25, 0.3) is 0 Å². The summed E-state index contributed by atoms with van der Waals surface area (Å²) in [7, 11) is 0. The van der Waals surface area contributed by atoms with Crippen molar-refractivity contribution in [2.45, 2.75) is 25.7 Å². The molecule has 0 spiro atoms. The summed E-state index contributed by atoms with van der Waals surface area (Å²) in [6, 6.07) is 7.75. The van der Waals surface area contributed by atoms with E-state index in [1.807, 2.05) is 24.3 Å². The zero-order chi connectivity index (χ0) is 11.9. The van der Waals surface area contributed by atoms with Crippen LogP contribution in [0.5, 0.6) is 5.75 Å². The topological polar surface area (TPSA) is 29.5 Å². The van der Waals surface area contributed by atoms with Gasteiger partial charge in [-0.25, -0.2) is 0 Å². The van der Waals surface area contributed by atoms with Crippen molar-refractivity contribution in [2.24, 2.45) is 5.92 Å². The molecule has 2 rings (SSSR count). The van der Waals surface area contributed by atoms with Crippen LogP contribution in [0.2, 0.25) is 0 Å². The Bertz CT molecular complexity index is 408. The average Bonchev–Trinajstić information content (AvgIpc) is 2.88. The van der Waals surface area contributed by atoms with Crippen LogP contribution in [0.15, 0.2) is 24.3 Å². The first-order valence-electron chi connectivity index (χ1n) is 6.21. The molecule has 1 aromatic rings. The van der Waals surface area contributed by atoms with E-state index >= 15 is 0 Å². The smallest absolute Gasteiger partial charge is 0.134 e. The Morgan fingerprint density at radius 2 is 2.00 bits per heavy atom. The van der Waals surface area contributed by atoms with Crippen LogP contribution in [0.3, 0.4) is 0 Å². The highest BCUT2D eigenvalue weighted by Crippen LogP contribution is 2.26. The lowest BCUT2D eigenvalue weighted by molar-refractivity contribution is 0.251. The zero-order valence-electron chi connectivity index (χ0n) is 9.98. The molecule has 1 aromatic carbocycles. The minimum Gasteiger partial charge on any atom is -0.492 e. The molecule has 17 heavy (non-hydrogen) atoms. The number of ether oxygens (including phenoxy) is 1. The lowest BCUT2D eigenvalue weighted by Crippen LogP contribution is -2.08. The van der Waals surface area contributed by atoms with E-state index < -0.39 is 0 Å². The summed E-state index contributed by atoms with van der Waals surface area (Å²) in [4.78, 5) is 0. The maximum atomic E-state index is 8.71. The van der Waals surface area contributed by atoms with Crippen molar-refractivity contribution in [3.05, 3.63) is 29.8 Å². The molecule has 0 radical (unpaired) electrons. The standard InChI is InChI=1S/C15H18O2/c16-11-5-9-14-8-3-4-10-15(14)17-12-13-6-1-2-7-13/h3-4,8,10,13,16H,1-2,6-7,11-12H2. The highest BCUT2D eigenvalue weighted by atomic mass is 16.5. The molecule has 0 saturated heterocycles. The van der Waals surface area contributed by atoms with E-state index in [9.17, 15) is 0 Å². The highest BCUT2D eigenvalue weighted by Gasteiger charge is 2.15. The van der Waals surface area contributed by atoms with Crippen molar-refractivity contribution in [1.82, 2.24) is 0 Å². The molecule has 2 nitrogen and oxygen atoms in total. The number of aliphatic hydroxyl groups is 1. The zero-order valence-corrected chi connectivity index (χ0v) is 9.98. The van der Waals surface area contributed by atoms with Crippen LogP contribution >= 0.6 is 0 Å². The van der Waals surface area contributed by atoms with Gasteiger partial charge in [0.15, 0.2) is 0 Å². The molecule has 0 heterocycles. The van der Waals surface area contributed by atoms with Crippen molar-refractivity contribution in [3.63, 3.8) is 0 Å². The highest BCUT2D eigenvalue weighted by molar-refractivity contribution is 5.45. The third kappa shape index (κ3) is 3.51. The molecule has 0 aliphatic heterocycles. The Kier molecular flexibility index (Phi) is 4.46. The predicted molar refractivity (Wildman–Crippen MR) is 67.9 cm³/mol. The molecule has 1 saturated carbocycles. The molecule has 0 unspecified atom stereocenters. The van der Waals surface area contributed by atoms with Gasteiger partial charge in [-0.05, 0) is 30.9 Å². The average molecular weight is 230 g/mol. The number of benzene rings is 1. The fraction of sp³-hybridized carbons (Fsp3) is 0.467. The largest absolute Gasteiger partial charge is 0.492 e. The predicted octanol–water partition coefficient (Wildman–Crippen LogP) is 2.60. The Morgan fingerprint density at radius 3 is 2.76 bits per heavy atom. The third-order valence-corrected chi connectivity index (χ3v) is 3.14. The number of rotatable bonds is 3.